The van der Waals surface area contributed by atoms with E-state index in [1.165, 1.54) is 30.6 Å². The second-order valence-electron chi connectivity index (χ2n) is 16.3. The SMILES string of the molecule is CCOCCCCC(=O)c1sc2c(c1C)C(c1ccc(Cl)cc1)=N[C@@H](CC(=O)OC)c1nnc(C)n1-2.CCOCCOCCCCC(=O)COc1cccc2c1C(=O)N(C1CCC(=O)NC1=O)C2=O. The third-order valence-corrected chi connectivity index (χ3v) is 13.1. The number of esters is 1. The Bertz CT molecular complexity index is 2570. The Morgan fingerprint density at radius 1 is 0.841 bits per heavy atom. The minimum atomic E-state index is -1.06. The van der Waals surface area contributed by atoms with E-state index >= 15 is 0 Å². The Hall–Kier alpha value is -5.99. The number of Topliss-reactive ketones (excluding diaryl/α,β-unsaturated/α-hetero) is 2. The number of aliphatic imine (C=N–C) groups is 1. The van der Waals surface area contributed by atoms with Crippen molar-refractivity contribution in [3.63, 3.8) is 0 Å². The summed E-state index contributed by atoms with van der Waals surface area (Å²) in [6, 6.07) is 10.3. The molecule has 69 heavy (non-hydrogen) atoms. The average Bonchev–Trinajstić information content (AvgIpc) is 3.94. The lowest BCUT2D eigenvalue weighted by atomic mass is 9.98. The van der Waals surface area contributed by atoms with E-state index in [1.807, 2.05) is 44.4 Å². The van der Waals surface area contributed by atoms with Crippen LogP contribution in [-0.4, -0.2) is 126 Å². The van der Waals surface area contributed by atoms with Gasteiger partial charge in [0.1, 0.15) is 35.3 Å². The molecule has 1 N–H and O–H groups in total. The minimum absolute atomic E-state index is 0.0192. The highest BCUT2D eigenvalue weighted by molar-refractivity contribution is 7.17. The summed E-state index contributed by atoms with van der Waals surface area (Å²) in [5.41, 5.74) is 3.36. The van der Waals surface area contributed by atoms with Crippen LogP contribution in [0.1, 0.15) is 136 Å². The summed E-state index contributed by atoms with van der Waals surface area (Å²) in [5.74, 6) is -1.53. The first-order valence-electron chi connectivity index (χ1n) is 23.0. The Kier molecular flexibility index (Phi) is 19.0. The summed E-state index contributed by atoms with van der Waals surface area (Å²) >= 11 is 7.58. The lowest BCUT2D eigenvalue weighted by Gasteiger charge is -2.27. The lowest BCUT2D eigenvalue weighted by Crippen LogP contribution is -2.54. The molecule has 368 valence electrons. The van der Waals surface area contributed by atoms with Gasteiger partial charge in [-0.25, -0.2) is 0 Å². The largest absolute Gasteiger partial charge is 0.485 e. The van der Waals surface area contributed by atoms with Crippen LogP contribution in [0.4, 0.5) is 0 Å². The number of benzene rings is 2. The van der Waals surface area contributed by atoms with Crippen molar-refractivity contribution in [3.05, 3.63) is 91.8 Å². The van der Waals surface area contributed by atoms with Gasteiger partial charge in [-0.05, 0) is 89.6 Å². The molecule has 2 aromatic heterocycles. The van der Waals surface area contributed by atoms with Crippen LogP contribution < -0.4 is 10.1 Å². The molecule has 1 unspecified atom stereocenters. The third kappa shape index (κ3) is 12.8. The number of imide groups is 2. The standard InChI is InChI=1S/C26H29ClN4O4S.C23H28N2O8/c1-5-35-13-7-6-8-20(32)24-15(2)22-23(17-9-11-18(27)12-10-17)28-19(14-21(33)34-4)25-30-29-16(3)31(25)26(22)36-24;1-2-31-12-13-32-11-4-3-6-15(26)14-33-18-8-5-7-16-20(18)23(30)25(22(16)29)17-9-10-19(27)24-21(17)28/h9-12,19H,5-8,13-14H2,1-4H3;5,7-8,17H,2-4,6,9-14H2,1H3,(H,24,27,28)/t19-;/m0./s1. The minimum Gasteiger partial charge on any atom is -0.485 e. The number of fused-ring (bicyclic) bond motifs is 4. The highest BCUT2D eigenvalue weighted by Crippen LogP contribution is 2.41. The molecule has 7 rings (SSSR count). The fourth-order valence-electron chi connectivity index (χ4n) is 8.00. The monoisotopic (exact) mass is 988 g/mol. The van der Waals surface area contributed by atoms with E-state index in [0.29, 0.717) is 86.2 Å². The number of nitrogens with zero attached hydrogens (tertiary/aromatic N) is 5. The maximum atomic E-state index is 13.3. The van der Waals surface area contributed by atoms with Crippen LogP contribution in [0.15, 0.2) is 47.5 Å². The van der Waals surface area contributed by atoms with Crippen molar-refractivity contribution in [1.82, 2.24) is 25.0 Å². The number of amides is 4. The van der Waals surface area contributed by atoms with Crippen LogP contribution >= 0.6 is 22.9 Å². The normalized spacial score (nSPS) is 16.1. The molecule has 20 heteroatoms. The van der Waals surface area contributed by atoms with Crippen molar-refractivity contribution >= 4 is 69.8 Å². The number of hydrogen-bond donors (Lipinski definition) is 1. The fraction of sp³-hybridized carbons (Fsp3) is 0.469. The number of carbonyl (C=O) groups excluding carboxylic acids is 7. The molecule has 2 aromatic carbocycles. The Morgan fingerprint density at radius 2 is 1.54 bits per heavy atom. The molecule has 3 aliphatic heterocycles. The van der Waals surface area contributed by atoms with Crippen LogP contribution in [0, 0.1) is 13.8 Å². The van der Waals surface area contributed by atoms with E-state index in [4.69, 9.17) is 40.3 Å². The lowest BCUT2D eigenvalue weighted by molar-refractivity contribution is -0.141. The highest BCUT2D eigenvalue weighted by atomic mass is 35.5. The van der Waals surface area contributed by atoms with Crippen LogP contribution in [0.5, 0.6) is 5.75 Å². The number of methoxy groups -OCH3 is 1. The number of rotatable bonds is 23. The molecule has 2 atom stereocenters. The zero-order chi connectivity index (χ0) is 49.6. The van der Waals surface area contributed by atoms with Crippen LogP contribution in [0.3, 0.4) is 0 Å². The van der Waals surface area contributed by atoms with Gasteiger partial charge in [-0.3, -0.25) is 53.3 Å². The number of hydrogen-bond acceptors (Lipinski definition) is 16. The number of nitrogens with one attached hydrogen (secondary N) is 1. The van der Waals surface area contributed by atoms with Crippen LogP contribution in [0.2, 0.25) is 5.02 Å². The Labute approximate surface area is 409 Å². The van der Waals surface area contributed by atoms with E-state index < -0.39 is 41.7 Å². The second-order valence-corrected chi connectivity index (χ2v) is 17.7. The van der Waals surface area contributed by atoms with Gasteiger partial charge in [-0.2, -0.15) is 0 Å². The molecule has 0 bridgehead atoms. The molecule has 0 aliphatic carbocycles. The molecule has 0 radical (unpaired) electrons. The summed E-state index contributed by atoms with van der Waals surface area (Å²) < 4.78 is 28.4. The maximum Gasteiger partial charge on any atom is 0.308 e. The Morgan fingerprint density at radius 3 is 2.25 bits per heavy atom. The number of carbonyl (C=O) groups is 7. The number of ether oxygens (including phenoxy) is 5. The summed E-state index contributed by atoms with van der Waals surface area (Å²) in [7, 11) is 1.35. The van der Waals surface area contributed by atoms with Crippen molar-refractivity contribution in [1.29, 1.82) is 0 Å². The van der Waals surface area contributed by atoms with E-state index in [9.17, 15) is 33.6 Å². The number of piperidine rings is 1. The van der Waals surface area contributed by atoms with Gasteiger partial charge in [0.25, 0.3) is 11.8 Å². The van der Waals surface area contributed by atoms with Crippen molar-refractivity contribution < 1.29 is 57.2 Å². The molecule has 4 aromatic rings. The van der Waals surface area contributed by atoms with Crippen molar-refractivity contribution in [2.75, 3.05) is 53.4 Å². The number of halogens is 1. The first kappa shape index (κ1) is 52.4. The van der Waals surface area contributed by atoms with Gasteiger partial charge >= 0.3 is 5.97 Å². The summed E-state index contributed by atoms with van der Waals surface area (Å²) in [5, 5.41) is 12.2. The quantitative estimate of drug-likeness (QED) is 0.0353. The second kappa shape index (κ2) is 25.0. The highest BCUT2D eigenvalue weighted by Gasteiger charge is 2.46. The predicted molar refractivity (Wildman–Crippen MR) is 255 cm³/mol. The van der Waals surface area contributed by atoms with Crippen molar-refractivity contribution in [2.24, 2.45) is 4.99 Å². The first-order chi connectivity index (χ1) is 33.3. The van der Waals surface area contributed by atoms with E-state index in [1.54, 1.807) is 18.2 Å². The molecule has 1 saturated heterocycles. The molecular weight excluding hydrogens is 932 g/mol. The van der Waals surface area contributed by atoms with Crippen molar-refractivity contribution in [3.8, 4) is 10.8 Å². The third-order valence-electron chi connectivity index (χ3n) is 11.5. The number of aromatic nitrogens is 3. The molecule has 5 heterocycles. The summed E-state index contributed by atoms with van der Waals surface area (Å²) in [6.45, 7) is 11.0. The summed E-state index contributed by atoms with van der Waals surface area (Å²) in [6.07, 6.45) is 3.85. The van der Waals surface area contributed by atoms with E-state index in [0.717, 1.165) is 45.9 Å². The molecule has 0 spiro atoms. The van der Waals surface area contributed by atoms with Gasteiger partial charge in [0.15, 0.2) is 17.4 Å². The zero-order valence-corrected chi connectivity index (χ0v) is 41.0. The molecule has 3 aliphatic rings. The molecule has 18 nitrogen and oxygen atoms in total. The van der Waals surface area contributed by atoms with Gasteiger partial charge in [-0.15, -0.1) is 21.5 Å². The maximum absolute atomic E-state index is 13.3. The predicted octanol–water partition coefficient (Wildman–Crippen LogP) is 6.70. The van der Waals surface area contributed by atoms with Gasteiger partial charge in [0.05, 0.1) is 48.5 Å². The van der Waals surface area contributed by atoms with Crippen LogP contribution in [-0.2, 0) is 38.1 Å². The van der Waals surface area contributed by atoms with E-state index in [2.05, 4.69) is 15.5 Å². The Balaban J connectivity index is 0.000000228. The van der Waals surface area contributed by atoms with Gasteiger partial charge < -0.3 is 23.7 Å². The number of unbranched alkanes of at least 4 members (excludes halogenated alkanes) is 2. The zero-order valence-electron chi connectivity index (χ0n) is 39.4. The fourth-order valence-corrected chi connectivity index (χ4v) is 9.46. The topological polar surface area (TPSA) is 224 Å². The average molecular weight is 990 g/mol. The number of ketones is 2. The smallest absolute Gasteiger partial charge is 0.308 e. The van der Waals surface area contributed by atoms with Gasteiger partial charge in [0, 0.05) is 61.8 Å². The van der Waals surface area contributed by atoms with Gasteiger partial charge in [-0.1, -0.05) is 29.8 Å². The first-order valence-corrected chi connectivity index (χ1v) is 24.2. The van der Waals surface area contributed by atoms with Gasteiger partial charge in [0.2, 0.25) is 11.8 Å². The molecular formula is C49H57ClN6O12S. The number of thiophene rings is 1. The molecule has 0 saturated carbocycles. The molecule has 1 fully saturated rings. The van der Waals surface area contributed by atoms with E-state index in [-0.39, 0.29) is 54.3 Å². The van der Waals surface area contributed by atoms with Crippen molar-refractivity contribution in [2.45, 2.75) is 97.6 Å². The molecule has 4 amide bonds. The van der Waals surface area contributed by atoms with Crippen LogP contribution in [0.25, 0.3) is 5.00 Å². The summed E-state index contributed by atoms with van der Waals surface area (Å²) in [4.78, 5) is 93.7. The number of aryl methyl sites for hydroxylation is 1.